The summed E-state index contributed by atoms with van der Waals surface area (Å²) in [4.78, 5) is 15.0. The number of sulfonamides is 1. The molecule has 0 unspecified atom stereocenters. The smallest absolute Gasteiger partial charge is 0.251 e. The van der Waals surface area contributed by atoms with Gasteiger partial charge in [0.05, 0.1) is 11.9 Å². The number of rotatable bonds is 7. The number of carbonyl (C=O) groups excluding carboxylic acids is 1. The van der Waals surface area contributed by atoms with Crippen LogP contribution in [0.2, 0.25) is 0 Å². The molecule has 0 saturated carbocycles. The summed E-state index contributed by atoms with van der Waals surface area (Å²) in [6, 6.07) is 13.1. The summed E-state index contributed by atoms with van der Waals surface area (Å²) >= 11 is 0. The Morgan fingerprint density at radius 3 is 2.39 bits per heavy atom. The highest BCUT2D eigenvalue weighted by Gasteiger charge is 2.14. The van der Waals surface area contributed by atoms with E-state index in [0.29, 0.717) is 23.4 Å². The molecule has 1 aliphatic rings. The number of amides is 1. The van der Waals surface area contributed by atoms with Crippen LogP contribution in [0.4, 0.5) is 5.69 Å². The van der Waals surface area contributed by atoms with Crippen LogP contribution in [0.15, 0.2) is 42.5 Å². The molecule has 2 aromatic rings. The van der Waals surface area contributed by atoms with E-state index in [1.54, 1.807) is 25.1 Å². The van der Waals surface area contributed by atoms with Crippen molar-refractivity contribution in [1.29, 1.82) is 0 Å². The Bertz CT molecular complexity index is 951. The zero-order chi connectivity index (χ0) is 20.1. The molecule has 3 rings (SSSR count). The van der Waals surface area contributed by atoms with E-state index in [2.05, 4.69) is 27.1 Å². The Balaban J connectivity index is 1.65. The third-order valence-electron chi connectivity index (χ3n) is 4.93. The van der Waals surface area contributed by atoms with Gasteiger partial charge in [-0.3, -0.25) is 14.4 Å². The Hall–Kier alpha value is -2.38. The summed E-state index contributed by atoms with van der Waals surface area (Å²) in [5, 5.41) is 2.98. The summed E-state index contributed by atoms with van der Waals surface area (Å²) in [7, 11) is -3.35. The van der Waals surface area contributed by atoms with Crippen LogP contribution in [0, 0.1) is 6.92 Å². The maximum absolute atomic E-state index is 12.6. The minimum atomic E-state index is -3.35. The summed E-state index contributed by atoms with van der Waals surface area (Å²) in [5.41, 5.74) is 4.06. The maximum Gasteiger partial charge on any atom is 0.251 e. The Morgan fingerprint density at radius 1 is 1.07 bits per heavy atom. The van der Waals surface area contributed by atoms with Gasteiger partial charge in [-0.25, -0.2) is 8.42 Å². The monoisotopic (exact) mass is 401 g/mol. The van der Waals surface area contributed by atoms with Gasteiger partial charge in [0.15, 0.2) is 0 Å². The number of anilines is 1. The van der Waals surface area contributed by atoms with Crippen molar-refractivity contribution in [3.63, 3.8) is 0 Å². The van der Waals surface area contributed by atoms with E-state index < -0.39 is 10.0 Å². The molecule has 2 N–H and O–H groups in total. The second-order valence-electron chi connectivity index (χ2n) is 7.34. The molecule has 0 radical (unpaired) electrons. The normalized spacial score (nSPS) is 14.8. The molecule has 7 heteroatoms. The molecule has 6 nitrogen and oxygen atoms in total. The standard InChI is InChI=1S/C21H27N3O3S/c1-16-13-17(9-10-20(16)23-28(2,26)27)21(25)22-14-18-7-3-4-8-19(18)15-24-11-5-6-12-24/h3-4,7-10,13,23H,5-6,11-12,14-15H2,1-2H3,(H,22,25). The summed E-state index contributed by atoms with van der Waals surface area (Å²) in [6.45, 7) is 5.42. The van der Waals surface area contributed by atoms with Gasteiger partial charge in [0.2, 0.25) is 10.0 Å². The van der Waals surface area contributed by atoms with Gasteiger partial charge >= 0.3 is 0 Å². The molecule has 0 atom stereocenters. The van der Waals surface area contributed by atoms with Gasteiger partial charge in [0.25, 0.3) is 5.91 Å². The van der Waals surface area contributed by atoms with Gasteiger partial charge in [0, 0.05) is 18.7 Å². The van der Waals surface area contributed by atoms with Gasteiger partial charge in [-0.05, 0) is 67.7 Å². The van der Waals surface area contributed by atoms with Crippen LogP contribution in [0.5, 0.6) is 0 Å². The van der Waals surface area contributed by atoms with E-state index in [1.165, 1.54) is 18.4 Å². The minimum absolute atomic E-state index is 0.176. The third kappa shape index (κ3) is 5.56. The van der Waals surface area contributed by atoms with Crippen molar-refractivity contribution in [2.75, 3.05) is 24.1 Å². The highest BCUT2D eigenvalue weighted by Crippen LogP contribution is 2.19. The van der Waals surface area contributed by atoms with E-state index in [4.69, 9.17) is 0 Å². The molecule has 1 fully saturated rings. The molecule has 0 spiro atoms. The zero-order valence-electron chi connectivity index (χ0n) is 16.4. The van der Waals surface area contributed by atoms with E-state index in [1.807, 2.05) is 12.1 Å². The number of hydrogen-bond acceptors (Lipinski definition) is 4. The number of nitrogens with one attached hydrogen (secondary N) is 2. The van der Waals surface area contributed by atoms with E-state index in [-0.39, 0.29) is 5.91 Å². The number of benzene rings is 2. The van der Waals surface area contributed by atoms with Crippen molar-refractivity contribution in [3.05, 3.63) is 64.7 Å². The van der Waals surface area contributed by atoms with Crippen molar-refractivity contribution in [2.45, 2.75) is 32.9 Å². The second-order valence-corrected chi connectivity index (χ2v) is 9.09. The summed E-state index contributed by atoms with van der Waals surface area (Å²) in [6.07, 6.45) is 3.61. The second kappa shape index (κ2) is 8.75. The summed E-state index contributed by atoms with van der Waals surface area (Å²) < 4.78 is 25.2. The van der Waals surface area contributed by atoms with Crippen LogP contribution in [0.25, 0.3) is 0 Å². The first-order valence-corrected chi connectivity index (χ1v) is 11.4. The predicted molar refractivity (Wildman–Crippen MR) is 112 cm³/mol. The van der Waals surface area contributed by atoms with Crippen LogP contribution >= 0.6 is 0 Å². The Kier molecular flexibility index (Phi) is 6.36. The van der Waals surface area contributed by atoms with Crippen LogP contribution < -0.4 is 10.0 Å². The topological polar surface area (TPSA) is 78.5 Å². The average molecular weight is 402 g/mol. The molecule has 1 aliphatic heterocycles. The number of likely N-dealkylation sites (tertiary alicyclic amines) is 1. The molecular formula is C21H27N3O3S. The minimum Gasteiger partial charge on any atom is -0.348 e. The lowest BCUT2D eigenvalue weighted by atomic mass is 10.1. The molecule has 1 heterocycles. The molecule has 1 amide bonds. The molecule has 0 aliphatic carbocycles. The largest absolute Gasteiger partial charge is 0.348 e. The highest BCUT2D eigenvalue weighted by atomic mass is 32.2. The first-order chi connectivity index (χ1) is 13.3. The van der Waals surface area contributed by atoms with Crippen molar-refractivity contribution < 1.29 is 13.2 Å². The van der Waals surface area contributed by atoms with Crippen LogP contribution in [-0.2, 0) is 23.1 Å². The van der Waals surface area contributed by atoms with Crippen molar-refractivity contribution in [1.82, 2.24) is 10.2 Å². The Morgan fingerprint density at radius 2 is 1.75 bits per heavy atom. The maximum atomic E-state index is 12.6. The van der Waals surface area contributed by atoms with Crippen LogP contribution in [0.3, 0.4) is 0 Å². The number of hydrogen-bond donors (Lipinski definition) is 2. The molecular weight excluding hydrogens is 374 g/mol. The first-order valence-electron chi connectivity index (χ1n) is 9.47. The Labute approximate surface area is 167 Å². The quantitative estimate of drug-likeness (QED) is 0.748. The SMILES string of the molecule is Cc1cc(C(=O)NCc2ccccc2CN2CCCC2)ccc1NS(C)(=O)=O. The van der Waals surface area contributed by atoms with Gasteiger partial charge in [-0.15, -0.1) is 0 Å². The number of carbonyl (C=O) groups is 1. The molecule has 0 aromatic heterocycles. The molecule has 2 aromatic carbocycles. The highest BCUT2D eigenvalue weighted by molar-refractivity contribution is 7.92. The lowest BCUT2D eigenvalue weighted by Crippen LogP contribution is -2.25. The van der Waals surface area contributed by atoms with Crippen molar-refractivity contribution in [2.24, 2.45) is 0 Å². The van der Waals surface area contributed by atoms with E-state index in [0.717, 1.165) is 31.5 Å². The zero-order valence-corrected chi connectivity index (χ0v) is 17.2. The number of nitrogens with zero attached hydrogens (tertiary/aromatic N) is 1. The predicted octanol–water partition coefficient (Wildman–Crippen LogP) is 2.89. The van der Waals surface area contributed by atoms with Crippen LogP contribution in [0.1, 0.15) is 39.9 Å². The summed E-state index contributed by atoms with van der Waals surface area (Å²) in [5.74, 6) is -0.176. The van der Waals surface area contributed by atoms with Gasteiger partial charge in [-0.1, -0.05) is 24.3 Å². The fourth-order valence-corrected chi connectivity index (χ4v) is 4.09. The molecule has 28 heavy (non-hydrogen) atoms. The van der Waals surface area contributed by atoms with Crippen molar-refractivity contribution >= 4 is 21.6 Å². The number of aryl methyl sites for hydroxylation is 1. The lowest BCUT2D eigenvalue weighted by molar-refractivity contribution is 0.0950. The van der Waals surface area contributed by atoms with Gasteiger partial charge < -0.3 is 5.32 Å². The first kappa shape index (κ1) is 20.4. The molecule has 150 valence electrons. The molecule has 1 saturated heterocycles. The fourth-order valence-electron chi connectivity index (χ4n) is 3.46. The van der Waals surface area contributed by atoms with Crippen LogP contribution in [-0.4, -0.2) is 38.6 Å². The fraction of sp³-hybridized carbons (Fsp3) is 0.381. The van der Waals surface area contributed by atoms with Crippen molar-refractivity contribution in [3.8, 4) is 0 Å². The van der Waals surface area contributed by atoms with E-state index >= 15 is 0 Å². The van der Waals surface area contributed by atoms with Gasteiger partial charge in [0.1, 0.15) is 0 Å². The molecule has 0 bridgehead atoms. The van der Waals surface area contributed by atoms with E-state index in [9.17, 15) is 13.2 Å². The van der Waals surface area contributed by atoms with Gasteiger partial charge in [-0.2, -0.15) is 0 Å². The third-order valence-corrected chi connectivity index (χ3v) is 5.53. The lowest BCUT2D eigenvalue weighted by Gasteiger charge is -2.18. The average Bonchev–Trinajstić information content (AvgIpc) is 3.14.